The molecule has 1 heterocycles. The highest BCUT2D eigenvalue weighted by molar-refractivity contribution is 5.78. The first-order valence-electron chi connectivity index (χ1n) is 8.73. The molecule has 2 aliphatic rings. The number of aliphatic hydroxyl groups is 1. The van der Waals surface area contributed by atoms with Crippen LogP contribution in [-0.2, 0) is 22.4 Å². The van der Waals surface area contributed by atoms with Crippen molar-refractivity contribution in [1.29, 1.82) is 0 Å². The fraction of sp³-hybridized carbons (Fsp3) is 0.611. The molecule has 1 aromatic rings. The van der Waals surface area contributed by atoms with Gasteiger partial charge in [0.25, 0.3) is 0 Å². The molecule has 0 spiro atoms. The molecule has 0 aromatic heterocycles. The lowest BCUT2D eigenvalue weighted by Crippen LogP contribution is -2.58. The molecular formula is C18H22F3NO4. The number of nitrogens with zero attached hydrogens (tertiary/aromatic N) is 1. The van der Waals surface area contributed by atoms with E-state index in [2.05, 4.69) is 16.6 Å². The molecule has 0 radical (unpaired) electrons. The van der Waals surface area contributed by atoms with Gasteiger partial charge in [-0.3, -0.25) is 4.90 Å². The van der Waals surface area contributed by atoms with Crippen LogP contribution in [0.1, 0.15) is 24.5 Å². The first-order valence-corrected chi connectivity index (χ1v) is 8.73. The van der Waals surface area contributed by atoms with E-state index in [9.17, 15) is 23.1 Å². The van der Waals surface area contributed by atoms with E-state index >= 15 is 0 Å². The highest BCUT2D eigenvalue weighted by Crippen LogP contribution is 2.36. The van der Waals surface area contributed by atoms with Gasteiger partial charge >= 0.3 is 12.1 Å². The van der Waals surface area contributed by atoms with E-state index < -0.39 is 12.1 Å². The van der Waals surface area contributed by atoms with Crippen LogP contribution in [0.4, 0.5) is 13.2 Å². The Kier molecular flexibility index (Phi) is 5.55. The van der Waals surface area contributed by atoms with Crippen molar-refractivity contribution >= 4 is 5.97 Å². The molecule has 1 fully saturated rings. The van der Waals surface area contributed by atoms with Crippen LogP contribution < -0.4 is 4.74 Å². The fourth-order valence-electron chi connectivity index (χ4n) is 3.82. The lowest BCUT2D eigenvalue weighted by atomic mass is 9.83. The van der Waals surface area contributed by atoms with Crippen molar-refractivity contribution in [3.8, 4) is 5.75 Å². The summed E-state index contributed by atoms with van der Waals surface area (Å²) in [6.07, 6.45) is -3.72. The van der Waals surface area contributed by atoms with E-state index in [0.29, 0.717) is 24.9 Å². The van der Waals surface area contributed by atoms with Gasteiger partial charge in [0, 0.05) is 24.6 Å². The Morgan fingerprint density at radius 3 is 2.81 bits per heavy atom. The first-order chi connectivity index (χ1) is 12.3. The van der Waals surface area contributed by atoms with E-state index in [0.717, 1.165) is 18.5 Å². The standard InChI is InChI=1S/C18H22F3NO4/c1-2-6-22-9-12(10-23)25-16-8-13-11(7-14(16)22)4-3-5-15(13)26-17(24)18(19,20)21/h3-5,12,14,16,23H,2,6-10H2,1H3/t12-,14+,16+/m0/s1. The van der Waals surface area contributed by atoms with E-state index in [-0.39, 0.29) is 30.6 Å². The number of alkyl halides is 3. The number of carbonyl (C=O) groups excluding carboxylic acids is 1. The minimum atomic E-state index is -5.04. The Balaban J connectivity index is 1.86. The van der Waals surface area contributed by atoms with E-state index in [1.807, 2.05) is 6.07 Å². The van der Waals surface area contributed by atoms with E-state index in [1.165, 1.54) is 6.07 Å². The number of carbonyl (C=O) groups is 1. The van der Waals surface area contributed by atoms with Gasteiger partial charge in [-0.15, -0.1) is 0 Å². The zero-order valence-corrected chi connectivity index (χ0v) is 14.5. The van der Waals surface area contributed by atoms with Gasteiger partial charge in [0.15, 0.2) is 0 Å². The summed E-state index contributed by atoms with van der Waals surface area (Å²) in [6, 6.07) is 4.92. The first kappa shape index (κ1) is 19.1. The minimum absolute atomic E-state index is 0.0694. The quantitative estimate of drug-likeness (QED) is 0.647. The molecule has 0 saturated carbocycles. The van der Waals surface area contributed by atoms with Crippen LogP contribution in [0, 0.1) is 0 Å². The second-order valence-corrected chi connectivity index (χ2v) is 6.73. The molecule has 144 valence electrons. The largest absolute Gasteiger partial charge is 0.491 e. The van der Waals surface area contributed by atoms with E-state index in [1.54, 1.807) is 6.07 Å². The Hall–Kier alpha value is -1.64. The number of hydrogen-bond donors (Lipinski definition) is 1. The van der Waals surface area contributed by atoms with Gasteiger partial charge in [0.1, 0.15) is 5.75 Å². The summed E-state index contributed by atoms with van der Waals surface area (Å²) in [5, 5.41) is 9.48. The molecule has 0 unspecified atom stereocenters. The predicted octanol–water partition coefficient (Wildman–Crippen LogP) is 2.09. The zero-order valence-electron chi connectivity index (χ0n) is 14.5. The van der Waals surface area contributed by atoms with Gasteiger partial charge < -0.3 is 14.6 Å². The monoisotopic (exact) mass is 373 g/mol. The number of morpholine rings is 1. The number of rotatable bonds is 4. The fourth-order valence-corrected chi connectivity index (χ4v) is 3.82. The highest BCUT2D eigenvalue weighted by Gasteiger charge is 2.43. The molecule has 26 heavy (non-hydrogen) atoms. The third-order valence-corrected chi connectivity index (χ3v) is 4.92. The number of benzene rings is 1. The molecule has 3 atom stereocenters. The van der Waals surface area contributed by atoms with Gasteiger partial charge in [-0.1, -0.05) is 19.1 Å². The van der Waals surface area contributed by atoms with Crippen molar-refractivity contribution in [2.45, 2.75) is 50.6 Å². The normalized spacial score (nSPS) is 26.1. The summed E-state index contributed by atoms with van der Waals surface area (Å²) in [5.41, 5.74) is 1.44. The molecule has 1 aromatic carbocycles. The van der Waals surface area contributed by atoms with Crippen molar-refractivity contribution in [3.63, 3.8) is 0 Å². The maximum Gasteiger partial charge on any atom is 0.491 e. The van der Waals surface area contributed by atoms with Crippen molar-refractivity contribution < 1.29 is 32.5 Å². The molecule has 1 aliphatic heterocycles. The van der Waals surface area contributed by atoms with Crippen molar-refractivity contribution in [2.24, 2.45) is 0 Å². The molecule has 3 rings (SSSR count). The Bertz CT molecular complexity index is 664. The molecule has 1 saturated heterocycles. The van der Waals surface area contributed by atoms with Gasteiger partial charge in [-0.2, -0.15) is 13.2 Å². The van der Waals surface area contributed by atoms with Gasteiger partial charge in [0.2, 0.25) is 0 Å². The van der Waals surface area contributed by atoms with Crippen LogP contribution in [0.25, 0.3) is 0 Å². The average molecular weight is 373 g/mol. The SMILES string of the molecule is CCCN1C[C@@H](CO)O[C@@H]2Cc3c(cccc3OC(=O)C(F)(F)F)C[C@H]21. The Labute approximate surface area is 149 Å². The van der Waals surface area contributed by atoms with Crippen LogP contribution in [0.2, 0.25) is 0 Å². The molecule has 1 N–H and O–H groups in total. The summed E-state index contributed by atoms with van der Waals surface area (Å²) in [5.74, 6) is -2.29. The van der Waals surface area contributed by atoms with Crippen LogP contribution in [0.15, 0.2) is 18.2 Å². The maximum absolute atomic E-state index is 12.5. The predicted molar refractivity (Wildman–Crippen MR) is 86.9 cm³/mol. The van der Waals surface area contributed by atoms with Crippen molar-refractivity contribution in [3.05, 3.63) is 29.3 Å². The van der Waals surface area contributed by atoms with Crippen molar-refractivity contribution in [1.82, 2.24) is 4.90 Å². The number of ether oxygens (including phenoxy) is 2. The van der Waals surface area contributed by atoms with Crippen molar-refractivity contribution in [2.75, 3.05) is 19.7 Å². The maximum atomic E-state index is 12.5. The summed E-state index contributed by atoms with van der Waals surface area (Å²) >= 11 is 0. The summed E-state index contributed by atoms with van der Waals surface area (Å²) in [7, 11) is 0. The Morgan fingerprint density at radius 2 is 2.15 bits per heavy atom. The van der Waals surface area contributed by atoms with Gasteiger partial charge in [-0.05, 0) is 31.0 Å². The summed E-state index contributed by atoms with van der Waals surface area (Å²) in [4.78, 5) is 13.5. The van der Waals surface area contributed by atoms with Crippen LogP contribution >= 0.6 is 0 Å². The summed E-state index contributed by atoms with van der Waals surface area (Å²) in [6.45, 7) is 3.45. The summed E-state index contributed by atoms with van der Waals surface area (Å²) < 4.78 is 48.2. The number of esters is 1. The van der Waals surface area contributed by atoms with Crippen LogP contribution in [0.5, 0.6) is 5.75 Å². The third-order valence-electron chi connectivity index (χ3n) is 4.92. The average Bonchev–Trinajstić information content (AvgIpc) is 2.60. The third kappa shape index (κ3) is 3.87. The molecule has 8 heteroatoms. The van der Waals surface area contributed by atoms with E-state index in [4.69, 9.17) is 4.74 Å². The topological polar surface area (TPSA) is 59.0 Å². The number of halogens is 3. The van der Waals surface area contributed by atoms with Crippen LogP contribution in [-0.4, -0.2) is 60.1 Å². The Morgan fingerprint density at radius 1 is 1.38 bits per heavy atom. The highest BCUT2D eigenvalue weighted by atomic mass is 19.4. The van der Waals surface area contributed by atoms with Gasteiger partial charge in [0.05, 0.1) is 18.8 Å². The molecule has 5 nitrogen and oxygen atoms in total. The molecule has 0 amide bonds. The lowest BCUT2D eigenvalue weighted by Gasteiger charge is -2.47. The second-order valence-electron chi connectivity index (χ2n) is 6.73. The second kappa shape index (κ2) is 7.54. The molecule has 0 bridgehead atoms. The minimum Gasteiger partial charge on any atom is -0.420 e. The van der Waals surface area contributed by atoms with Crippen LogP contribution in [0.3, 0.4) is 0 Å². The number of aliphatic hydroxyl groups excluding tert-OH is 1. The number of fused-ring (bicyclic) bond motifs is 2. The molecular weight excluding hydrogens is 351 g/mol. The number of hydrogen-bond acceptors (Lipinski definition) is 5. The molecule has 1 aliphatic carbocycles. The van der Waals surface area contributed by atoms with Gasteiger partial charge in [-0.25, -0.2) is 4.79 Å². The smallest absolute Gasteiger partial charge is 0.420 e. The lowest BCUT2D eigenvalue weighted by molar-refractivity contribution is -0.189. The zero-order chi connectivity index (χ0) is 18.9.